The van der Waals surface area contributed by atoms with Crippen molar-refractivity contribution in [3.05, 3.63) is 33.6 Å². The molecule has 1 aromatic carbocycles. The highest BCUT2D eigenvalue weighted by Crippen LogP contribution is 2.34. The zero-order valence-corrected chi connectivity index (χ0v) is 13.5. The first-order valence-corrected chi connectivity index (χ1v) is 7.86. The van der Waals surface area contributed by atoms with Crippen LogP contribution in [0.3, 0.4) is 0 Å². The summed E-state index contributed by atoms with van der Waals surface area (Å²) in [5.74, 6) is 1.28. The number of hydrogen-bond acceptors (Lipinski definition) is 4. The molecule has 1 saturated heterocycles. The van der Waals surface area contributed by atoms with Crippen LogP contribution in [0.15, 0.2) is 27.2 Å². The lowest BCUT2D eigenvalue weighted by Gasteiger charge is -2.22. The van der Waals surface area contributed by atoms with E-state index in [1.54, 1.807) is 0 Å². The van der Waals surface area contributed by atoms with E-state index in [-0.39, 0.29) is 5.54 Å². The normalized spacial score (nSPS) is 22.4. The smallest absolute Gasteiger partial charge is 0.247 e. The van der Waals surface area contributed by atoms with E-state index in [9.17, 15) is 0 Å². The molecule has 1 aliphatic rings. The molecule has 0 aliphatic carbocycles. The molecular formula is C14H15BrClN3O. The molecule has 20 heavy (non-hydrogen) atoms. The Bertz CT molecular complexity index is 623. The van der Waals surface area contributed by atoms with Crippen LogP contribution in [0, 0.1) is 0 Å². The summed E-state index contributed by atoms with van der Waals surface area (Å²) in [7, 11) is 0. The molecule has 2 aromatic rings. The fourth-order valence-corrected chi connectivity index (χ4v) is 3.11. The molecule has 0 radical (unpaired) electrons. The van der Waals surface area contributed by atoms with Crippen molar-refractivity contribution in [2.45, 2.75) is 31.7 Å². The Morgan fingerprint density at radius 1 is 1.50 bits per heavy atom. The molecule has 6 heteroatoms. The van der Waals surface area contributed by atoms with Crippen LogP contribution in [-0.2, 0) is 5.54 Å². The van der Waals surface area contributed by atoms with Crippen molar-refractivity contribution in [3.8, 4) is 11.4 Å². The summed E-state index contributed by atoms with van der Waals surface area (Å²) in [5.41, 5.74) is 0.732. The van der Waals surface area contributed by atoms with Crippen LogP contribution in [0.25, 0.3) is 11.4 Å². The van der Waals surface area contributed by atoms with Gasteiger partial charge >= 0.3 is 0 Å². The predicted octanol–water partition coefficient (Wildman–Crippen LogP) is 4.14. The number of benzene rings is 1. The zero-order chi connectivity index (χ0) is 14.2. The summed E-state index contributed by atoms with van der Waals surface area (Å²) in [4.78, 5) is 4.57. The van der Waals surface area contributed by atoms with Gasteiger partial charge in [-0.25, -0.2) is 0 Å². The third-order valence-corrected chi connectivity index (χ3v) is 5.07. The molecule has 2 heterocycles. The van der Waals surface area contributed by atoms with Gasteiger partial charge in [0.15, 0.2) is 0 Å². The van der Waals surface area contributed by atoms with Gasteiger partial charge in [0.2, 0.25) is 11.7 Å². The summed E-state index contributed by atoms with van der Waals surface area (Å²) in [5, 5.41) is 8.27. The first kappa shape index (κ1) is 14.0. The average molecular weight is 357 g/mol. The molecule has 1 atom stereocenters. The van der Waals surface area contributed by atoms with Crippen LogP contribution in [0.5, 0.6) is 0 Å². The predicted molar refractivity (Wildman–Crippen MR) is 81.6 cm³/mol. The third kappa shape index (κ3) is 2.38. The molecule has 1 fully saturated rings. The molecule has 0 bridgehead atoms. The van der Waals surface area contributed by atoms with Crippen LogP contribution in [0.2, 0.25) is 5.02 Å². The van der Waals surface area contributed by atoms with Crippen molar-refractivity contribution in [2.24, 2.45) is 0 Å². The summed E-state index contributed by atoms with van der Waals surface area (Å²) in [6, 6.07) is 5.61. The Labute approximate surface area is 131 Å². The van der Waals surface area contributed by atoms with Gasteiger partial charge in [0.1, 0.15) is 0 Å². The molecular weight excluding hydrogens is 342 g/mol. The Morgan fingerprint density at radius 2 is 2.35 bits per heavy atom. The lowest BCUT2D eigenvalue weighted by atomic mass is 9.94. The first-order valence-electron chi connectivity index (χ1n) is 6.69. The molecule has 0 saturated carbocycles. The molecule has 0 amide bonds. The van der Waals surface area contributed by atoms with Gasteiger partial charge in [0.25, 0.3) is 0 Å². The highest BCUT2D eigenvalue weighted by molar-refractivity contribution is 9.10. The van der Waals surface area contributed by atoms with Gasteiger partial charge in [-0.2, -0.15) is 4.98 Å². The standard InChI is InChI=1S/C14H15BrClN3O/c1-2-14(6-3-7-17-14)13-18-12(19-20-13)9-4-5-11(16)10(15)8-9/h4-5,8,17H,2-3,6-7H2,1H3. The Balaban J connectivity index is 1.95. The summed E-state index contributed by atoms with van der Waals surface area (Å²) < 4.78 is 6.32. The molecule has 1 unspecified atom stereocenters. The van der Waals surface area contributed by atoms with Crippen LogP contribution in [0.4, 0.5) is 0 Å². The van der Waals surface area contributed by atoms with E-state index in [1.165, 1.54) is 0 Å². The number of rotatable bonds is 3. The van der Waals surface area contributed by atoms with Gasteiger partial charge in [-0.05, 0) is 59.9 Å². The summed E-state index contributed by atoms with van der Waals surface area (Å²) in [6.45, 7) is 3.14. The largest absolute Gasteiger partial charge is 0.337 e. The molecule has 1 aromatic heterocycles. The number of aromatic nitrogens is 2. The highest BCUT2D eigenvalue weighted by Gasteiger charge is 2.38. The second-order valence-electron chi connectivity index (χ2n) is 5.02. The lowest BCUT2D eigenvalue weighted by molar-refractivity contribution is 0.250. The van der Waals surface area contributed by atoms with Crippen molar-refractivity contribution >= 4 is 27.5 Å². The maximum absolute atomic E-state index is 6.00. The van der Waals surface area contributed by atoms with E-state index in [2.05, 4.69) is 38.3 Å². The minimum Gasteiger partial charge on any atom is -0.337 e. The molecule has 3 rings (SSSR count). The highest BCUT2D eigenvalue weighted by atomic mass is 79.9. The summed E-state index contributed by atoms with van der Waals surface area (Å²) >= 11 is 9.41. The third-order valence-electron chi connectivity index (χ3n) is 3.86. The fourth-order valence-electron chi connectivity index (χ4n) is 2.61. The van der Waals surface area contributed by atoms with Crippen molar-refractivity contribution in [1.82, 2.24) is 15.5 Å². The van der Waals surface area contributed by atoms with Crippen LogP contribution < -0.4 is 5.32 Å². The van der Waals surface area contributed by atoms with E-state index >= 15 is 0 Å². The minimum atomic E-state index is -0.158. The van der Waals surface area contributed by atoms with E-state index in [1.807, 2.05) is 18.2 Å². The maximum atomic E-state index is 6.00. The Morgan fingerprint density at radius 3 is 3.00 bits per heavy atom. The minimum absolute atomic E-state index is 0.158. The fraction of sp³-hybridized carbons (Fsp3) is 0.429. The van der Waals surface area contributed by atoms with Gasteiger partial charge in [0, 0.05) is 10.0 Å². The Hall–Kier alpha value is -0.910. The van der Waals surface area contributed by atoms with Gasteiger partial charge in [-0.3, -0.25) is 0 Å². The van der Waals surface area contributed by atoms with Crippen molar-refractivity contribution in [3.63, 3.8) is 0 Å². The van der Waals surface area contributed by atoms with Gasteiger partial charge in [0.05, 0.1) is 10.6 Å². The van der Waals surface area contributed by atoms with Gasteiger partial charge in [-0.1, -0.05) is 23.7 Å². The average Bonchev–Trinajstić information content (AvgIpc) is 3.10. The first-order chi connectivity index (χ1) is 9.64. The number of nitrogens with zero attached hydrogens (tertiary/aromatic N) is 2. The number of nitrogens with one attached hydrogen (secondary N) is 1. The van der Waals surface area contributed by atoms with Crippen LogP contribution >= 0.6 is 27.5 Å². The van der Waals surface area contributed by atoms with Gasteiger partial charge in [-0.15, -0.1) is 0 Å². The van der Waals surface area contributed by atoms with Crippen LogP contribution in [0.1, 0.15) is 32.1 Å². The molecule has 106 valence electrons. The lowest BCUT2D eigenvalue weighted by Crippen LogP contribution is -2.36. The topological polar surface area (TPSA) is 51.0 Å². The molecule has 0 spiro atoms. The SMILES string of the molecule is CCC1(c2nc(-c3ccc(Cl)c(Br)c3)no2)CCCN1. The van der Waals surface area contributed by atoms with E-state index in [0.29, 0.717) is 16.7 Å². The van der Waals surface area contributed by atoms with E-state index < -0.39 is 0 Å². The quantitative estimate of drug-likeness (QED) is 0.898. The molecule has 1 aliphatic heterocycles. The second kappa shape index (κ2) is 5.47. The van der Waals surface area contributed by atoms with Gasteiger partial charge < -0.3 is 9.84 Å². The zero-order valence-electron chi connectivity index (χ0n) is 11.1. The number of hydrogen-bond donors (Lipinski definition) is 1. The van der Waals surface area contributed by atoms with Crippen molar-refractivity contribution < 1.29 is 4.52 Å². The monoisotopic (exact) mass is 355 g/mol. The second-order valence-corrected chi connectivity index (χ2v) is 6.28. The maximum Gasteiger partial charge on any atom is 0.247 e. The number of halogens is 2. The van der Waals surface area contributed by atoms with Crippen molar-refractivity contribution in [2.75, 3.05) is 6.54 Å². The Kier molecular flexibility index (Phi) is 3.84. The molecule has 1 N–H and O–H groups in total. The van der Waals surface area contributed by atoms with Crippen molar-refractivity contribution in [1.29, 1.82) is 0 Å². The summed E-state index contributed by atoms with van der Waals surface area (Å²) in [6.07, 6.45) is 3.12. The van der Waals surface area contributed by atoms with E-state index in [0.717, 1.165) is 35.8 Å². The van der Waals surface area contributed by atoms with Crippen LogP contribution in [-0.4, -0.2) is 16.7 Å². The molecule has 4 nitrogen and oxygen atoms in total. The van der Waals surface area contributed by atoms with E-state index in [4.69, 9.17) is 16.1 Å².